The molecule has 1 heterocycles. The topological polar surface area (TPSA) is 49.8 Å². The summed E-state index contributed by atoms with van der Waals surface area (Å²) in [6, 6.07) is 5.53. The molecule has 0 bridgehead atoms. The van der Waals surface area contributed by atoms with Crippen molar-refractivity contribution in [1.29, 1.82) is 0 Å². The summed E-state index contributed by atoms with van der Waals surface area (Å²) in [5.41, 5.74) is 0.778. The largest absolute Gasteiger partial charge is 0.573 e. The van der Waals surface area contributed by atoms with Crippen molar-refractivity contribution in [2.45, 2.75) is 25.6 Å². The maximum atomic E-state index is 12.0. The molecule has 0 spiro atoms. The highest BCUT2D eigenvalue weighted by Gasteiger charge is 2.31. The lowest BCUT2D eigenvalue weighted by Gasteiger charge is -2.16. The van der Waals surface area contributed by atoms with E-state index in [0.717, 1.165) is 12.0 Å². The van der Waals surface area contributed by atoms with E-state index in [4.69, 9.17) is 5.11 Å². The van der Waals surface area contributed by atoms with Gasteiger partial charge in [0.05, 0.1) is 0 Å². The molecule has 0 aromatic heterocycles. The number of amides is 1. The van der Waals surface area contributed by atoms with Gasteiger partial charge in [0.25, 0.3) is 0 Å². The summed E-state index contributed by atoms with van der Waals surface area (Å²) in [5, 5.41) is 9.05. The third kappa shape index (κ3) is 4.91. The van der Waals surface area contributed by atoms with E-state index in [0.29, 0.717) is 25.9 Å². The maximum Gasteiger partial charge on any atom is 0.573 e. The first-order valence-corrected chi connectivity index (χ1v) is 7.10. The van der Waals surface area contributed by atoms with Crippen molar-refractivity contribution >= 4 is 5.91 Å². The van der Waals surface area contributed by atoms with Crippen LogP contribution >= 0.6 is 0 Å². The Balaban J connectivity index is 1.80. The minimum Gasteiger partial charge on any atom is -0.406 e. The number of carbonyl (C=O) groups excluding carboxylic acids is 1. The molecule has 1 N–H and O–H groups in total. The van der Waals surface area contributed by atoms with Crippen molar-refractivity contribution < 1.29 is 27.8 Å². The SMILES string of the molecule is O=C(CCc1ccc(OC(F)(F)F)cc1)N1CCC(CO)C1. The highest BCUT2D eigenvalue weighted by Crippen LogP contribution is 2.23. The average Bonchev–Trinajstić information content (AvgIpc) is 2.93. The number of nitrogens with zero attached hydrogens (tertiary/aromatic N) is 1. The Hall–Kier alpha value is -1.76. The quantitative estimate of drug-likeness (QED) is 0.907. The molecule has 1 amide bonds. The molecule has 122 valence electrons. The monoisotopic (exact) mass is 317 g/mol. The fourth-order valence-corrected chi connectivity index (χ4v) is 2.48. The molecule has 0 aliphatic carbocycles. The number of carbonyl (C=O) groups is 1. The number of hydrogen-bond donors (Lipinski definition) is 1. The molecule has 0 saturated carbocycles. The molecule has 7 heteroatoms. The van der Waals surface area contributed by atoms with Gasteiger partial charge in [0, 0.05) is 32.0 Å². The molecular weight excluding hydrogens is 299 g/mol. The molecular formula is C15H18F3NO3. The van der Waals surface area contributed by atoms with Crippen molar-refractivity contribution in [2.24, 2.45) is 5.92 Å². The fourth-order valence-electron chi connectivity index (χ4n) is 2.48. The first-order chi connectivity index (χ1) is 10.4. The second-order valence-electron chi connectivity index (χ2n) is 5.37. The van der Waals surface area contributed by atoms with E-state index < -0.39 is 6.36 Å². The lowest BCUT2D eigenvalue weighted by atomic mass is 10.1. The van der Waals surface area contributed by atoms with Gasteiger partial charge in [-0.15, -0.1) is 13.2 Å². The molecule has 1 atom stereocenters. The Labute approximate surface area is 126 Å². The summed E-state index contributed by atoms with van der Waals surface area (Å²) < 4.78 is 39.9. The summed E-state index contributed by atoms with van der Waals surface area (Å²) in [7, 11) is 0. The van der Waals surface area contributed by atoms with Crippen LogP contribution in [0, 0.1) is 5.92 Å². The fraction of sp³-hybridized carbons (Fsp3) is 0.533. The van der Waals surface area contributed by atoms with Crippen molar-refractivity contribution in [2.75, 3.05) is 19.7 Å². The zero-order valence-electron chi connectivity index (χ0n) is 12.0. The Morgan fingerprint density at radius 2 is 2.00 bits per heavy atom. The van der Waals surface area contributed by atoms with Crippen LogP contribution in [0.3, 0.4) is 0 Å². The third-order valence-corrected chi connectivity index (χ3v) is 3.68. The standard InChI is InChI=1S/C15H18F3NO3/c16-15(17,18)22-13-4-1-11(2-5-13)3-6-14(21)19-8-7-12(9-19)10-20/h1-2,4-5,12,20H,3,6-10H2. The smallest absolute Gasteiger partial charge is 0.406 e. The first kappa shape index (κ1) is 16.6. The van der Waals surface area contributed by atoms with Gasteiger partial charge in [-0.2, -0.15) is 0 Å². The van der Waals surface area contributed by atoms with E-state index in [9.17, 15) is 18.0 Å². The second kappa shape index (κ2) is 7.00. The van der Waals surface area contributed by atoms with Gasteiger partial charge in [0.15, 0.2) is 0 Å². The van der Waals surface area contributed by atoms with Gasteiger partial charge in [-0.05, 0) is 30.5 Å². The Bertz CT molecular complexity index is 502. The van der Waals surface area contributed by atoms with Crippen LogP contribution in [0.4, 0.5) is 13.2 Å². The average molecular weight is 317 g/mol. The molecule has 1 fully saturated rings. The number of ether oxygens (including phenoxy) is 1. The lowest BCUT2D eigenvalue weighted by molar-refractivity contribution is -0.274. The zero-order valence-corrected chi connectivity index (χ0v) is 12.0. The summed E-state index contributed by atoms with van der Waals surface area (Å²) >= 11 is 0. The lowest BCUT2D eigenvalue weighted by Crippen LogP contribution is -2.29. The molecule has 2 rings (SSSR count). The van der Waals surface area contributed by atoms with Gasteiger partial charge < -0.3 is 14.7 Å². The van der Waals surface area contributed by atoms with E-state index >= 15 is 0 Å². The molecule has 1 aromatic rings. The number of aryl methyl sites for hydroxylation is 1. The van der Waals surface area contributed by atoms with E-state index in [1.54, 1.807) is 4.90 Å². The second-order valence-corrected chi connectivity index (χ2v) is 5.37. The first-order valence-electron chi connectivity index (χ1n) is 7.10. The van der Waals surface area contributed by atoms with Crippen LogP contribution in [0.15, 0.2) is 24.3 Å². The number of hydrogen-bond acceptors (Lipinski definition) is 3. The van der Waals surface area contributed by atoms with E-state index in [1.807, 2.05) is 0 Å². The van der Waals surface area contributed by atoms with Crippen molar-refractivity contribution in [1.82, 2.24) is 4.90 Å². The van der Waals surface area contributed by atoms with Crippen LogP contribution in [0.25, 0.3) is 0 Å². The number of alkyl halides is 3. The molecule has 1 saturated heterocycles. The van der Waals surface area contributed by atoms with Crippen LogP contribution < -0.4 is 4.74 Å². The minimum atomic E-state index is -4.70. The van der Waals surface area contributed by atoms with E-state index in [1.165, 1.54) is 24.3 Å². The molecule has 22 heavy (non-hydrogen) atoms. The summed E-state index contributed by atoms with van der Waals surface area (Å²) in [4.78, 5) is 13.7. The van der Waals surface area contributed by atoms with Crippen molar-refractivity contribution in [3.05, 3.63) is 29.8 Å². The number of aliphatic hydroxyl groups is 1. The molecule has 1 aromatic carbocycles. The van der Waals surface area contributed by atoms with Gasteiger partial charge >= 0.3 is 6.36 Å². The molecule has 1 unspecified atom stereocenters. The number of aliphatic hydroxyl groups excluding tert-OH is 1. The van der Waals surface area contributed by atoms with Crippen LogP contribution in [-0.4, -0.2) is 42.0 Å². The van der Waals surface area contributed by atoms with Crippen LogP contribution in [0.1, 0.15) is 18.4 Å². The van der Waals surface area contributed by atoms with Crippen LogP contribution in [0.5, 0.6) is 5.75 Å². The van der Waals surface area contributed by atoms with Gasteiger partial charge in [-0.1, -0.05) is 12.1 Å². The number of benzene rings is 1. The molecule has 0 radical (unpaired) electrons. The Kier molecular flexibility index (Phi) is 5.28. The number of rotatable bonds is 5. The number of likely N-dealkylation sites (tertiary alicyclic amines) is 1. The normalized spacial score (nSPS) is 18.5. The van der Waals surface area contributed by atoms with Crippen LogP contribution in [-0.2, 0) is 11.2 Å². The summed E-state index contributed by atoms with van der Waals surface area (Å²) in [6.45, 7) is 1.32. The number of halogens is 3. The van der Waals surface area contributed by atoms with Gasteiger partial charge in [0.1, 0.15) is 5.75 Å². The van der Waals surface area contributed by atoms with Crippen molar-refractivity contribution in [3.63, 3.8) is 0 Å². The van der Waals surface area contributed by atoms with Gasteiger partial charge in [-0.25, -0.2) is 0 Å². The molecule has 1 aliphatic heterocycles. The molecule has 4 nitrogen and oxygen atoms in total. The van der Waals surface area contributed by atoms with Gasteiger partial charge in [0.2, 0.25) is 5.91 Å². The Morgan fingerprint density at radius 1 is 1.32 bits per heavy atom. The minimum absolute atomic E-state index is 0.00608. The predicted octanol–water partition coefficient (Wildman–Crippen LogP) is 2.36. The molecule has 1 aliphatic rings. The highest BCUT2D eigenvalue weighted by molar-refractivity contribution is 5.76. The van der Waals surface area contributed by atoms with E-state index in [2.05, 4.69) is 4.74 Å². The predicted molar refractivity (Wildman–Crippen MR) is 73.2 cm³/mol. The van der Waals surface area contributed by atoms with Crippen LogP contribution in [0.2, 0.25) is 0 Å². The summed E-state index contributed by atoms with van der Waals surface area (Å²) in [5.74, 6) is -0.109. The third-order valence-electron chi connectivity index (χ3n) is 3.68. The Morgan fingerprint density at radius 3 is 2.55 bits per heavy atom. The van der Waals surface area contributed by atoms with Crippen molar-refractivity contribution in [3.8, 4) is 5.75 Å². The van der Waals surface area contributed by atoms with Gasteiger partial charge in [-0.3, -0.25) is 4.79 Å². The summed E-state index contributed by atoms with van der Waals surface area (Å²) in [6.07, 6.45) is -3.12. The zero-order chi connectivity index (χ0) is 16.2. The highest BCUT2D eigenvalue weighted by atomic mass is 19.4. The van der Waals surface area contributed by atoms with E-state index in [-0.39, 0.29) is 24.2 Å². The maximum absolute atomic E-state index is 12.0.